The molecule has 1 aliphatic heterocycles. The molecule has 0 unspecified atom stereocenters. The van der Waals surface area contributed by atoms with E-state index in [9.17, 15) is 4.79 Å². The van der Waals surface area contributed by atoms with Gasteiger partial charge < -0.3 is 14.8 Å². The predicted molar refractivity (Wildman–Crippen MR) is 99.8 cm³/mol. The van der Waals surface area contributed by atoms with Crippen molar-refractivity contribution in [2.75, 3.05) is 13.2 Å². The van der Waals surface area contributed by atoms with Crippen molar-refractivity contribution in [2.45, 2.75) is 56.6 Å². The average Bonchev–Trinajstić information content (AvgIpc) is 3.21. The summed E-state index contributed by atoms with van der Waals surface area (Å²) in [5.74, 6) is 0.849. The SMILES string of the molecule is O=C(N[C@@H]1CCOC[C@H]1Oc1ccccn1)c1cn[nH]c1C1CCCCC1. The lowest BCUT2D eigenvalue weighted by molar-refractivity contribution is -0.0153. The van der Waals surface area contributed by atoms with E-state index in [2.05, 4.69) is 20.5 Å². The largest absolute Gasteiger partial charge is 0.470 e. The lowest BCUT2D eigenvalue weighted by Gasteiger charge is -2.32. The quantitative estimate of drug-likeness (QED) is 0.845. The predicted octanol–water partition coefficient (Wildman–Crippen LogP) is 2.82. The number of nitrogens with zero attached hydrogens (tertiary/aromatic N) is 2. The van der Waals surface area contributed by atoms with Crippen LogP contribution >= 0.6 is 0 Å². The van der Waals surface area contributed by atoms with Gasteiger partial charge in [-0.25, -0.2) is 4.98 Å². The number of carbonyl (C=O) groups is 1. The van der Waals surface area contributed by atoms with E-state index in [0.717, 1.165) is 18.5 Å². The first kappa shape index (κ1) is 18.0. The number of aromatic amines is 1. The summed E-state index contributed by atoms with van der Waals surface area (Å²) in [6, 6.07) is 5.41. The number of amides is 1. The first-order valence-corrected chi connectivity index (χ1v) is 9.81. The smallest absolute Gasteiger partial charge is 0.255 e. The van der Waals surface area contributed by atoms with Gasteiger partial charge >= 0.3 is 0 Å². The van der Waals surface area contributed by atoms with Crippen LogP contribution in [0.15, 0.2) is 30.6 Å². The van der Waals surface area contributed by atoms with E-state index in [4.69, 9.17) is 9.47 Å². The standard InChI is InChI=1S/C20H26N4O3/c25-20(15-12-22-24-19(15)14-6-2-1-3-7-14)23-16-9-11-26-13-17(16)27-18-8-4-5-10-21-18/h4-5,8,10,12,14,16-17H,1-3,6-7,9,11,13H2,(H,22,24)(H,23,25)/t16-,17-/m1/s1. The third-order valence-corrected chi connectivity index (χ3v) is 5.46. The van der Waals surface area contributed by atoms with Gasteiger partial charge in [-0.2, -0.15) is 5.10 Å². The number of carbonyl (C=O) groups excluding carboxylic acids is 1. The van der Waals surface area contributed by atoms with Crippen molar-refractivity contribution in [3.63, 3.8) is 0 Å². The molecule has 0 spiro atoms. The molecule has 2 aromatic rings. The van der Waals surface area contributed by atoms with Crippen molar-refractivity contribution in [3.8, 4) is 5.88 Å². The Balaban J connectivity index is 1.44. The molecule has 1 aliphatic carbocycles. The van der Waals surface area contributed by atoms with Crippen LogP contribution in [-0.4, -0.2) is 46.4 Å². The van der Waals surface area contributed by atoms with Gasteiger partial charge in [-0.3, -0.25) is 9.89 Å². The zero-order valence-corrected chi connectivity index (χ0v) is 15.4. The minimum absolute atomic E-state index is 0.0918. The zero-order chi connectivity index (χ0) is 18.5. The second-order valence-electron chi connectivity index (χ2n) is 7.30. The lowest BCUT2D eigenvalue weighted by atomic mass is 9.85. The van der Waals surface area contributed by atoms with E-state index < -0.39 is 0 Å². The van der Waals surface area contributed by atoms with Gasteiger partial charge in [-0.15, -0.1) is 0 Å². The number of aromatic nitrogens is 3. The van der Waals surface area contributed by atoms with Gasteiger partial charge in [0.25, 0.3) is 5.91 Å². The molecule has 2 aliphatic rings. The molecular weight excluding hydrogens is 344 g/mol. The maximum absolute atomic E-state index is 13.0. The molecular formula is C20H26N4O3. The zero-order valence-electron chi connectivity index (χ0n) is 15.4. The molecule has 0 aromatic carbocycles. The number of hydrogen-bond acceptors (Lipinski definition) is 5. The fourth-order valence-electron chi connectivity index (χ4n) is 3.99. The van der Waals surface area contributed by atoms with Gasteiger partial charge in [0, 0.05) is 24.8 Å². The van der Waals surface area contributed by atoms with E-state index in [0.29, 0.717) is 37.0 Å². The van der Waals surface area contributed by atoms with Crippen molar-refractivity contribution in [1.82, 2.24) is 20.5 Å². The van der Waals surface area contributed by atoms with Gasteiger partial charge in [0.05, 0.1) is 30.1 Å². The van der Waals surface area contributed by atoms with Crippen molar-refractivity contribution < 1.29 is 14.3 Å². The van der Waals surface area contributed by atoms with Crippen molar-refractivity contribution >= 4 is 5.91 Å². The summed E-state index contributed by atoms with van der Waals surface area (Å²) in [6.07, 6.45) is 9.72. The summed E-state index contributed by atoms with van der Waals surface area (Å²) in [5, 5.41) is 10.4. The monoisotopic (exact) mass is 370 g/mol. The highest BCUT2D eigenvalue weighted by molar-refractivity contribution is 5.95. The van der Waals surface area contributed by atoms with Gasteiger partial charge in [0.2, 0.25) is 5.88 Å². The lowest BCUT2D eigenvalue weighted by Crippen LogP contribution is -2.51. The number of pyridine rings is 1. The highest BCUT2D eigenvalue weighted by atomic mass is 16.5. The highest BCUT2D eigenvalue weighted by Crippen LogP contribution is 2.33. The topological polar surface area (TPSA) is 89.1 Å². The first-order valence-electron chi connectivity index (χ1n) is 9.81. The van der Waals surface area contributed by atoms with Crippen LogP contribution in [0.1, 0.15) is 60.5 Å². The third kappa shape index (κ3) is 4.30. The van der Waals surface area contributed by atoms with Crippen LogP contribution in [0.2, 0.25) is 0 Å². The second kappa shape index (κ2) is 8.52. The minimum Gasteiger partial charge on any atom is -0.470 e. The summed E-state index contributed by atoms with van der Waals surface area (Å²) >= 11 is 0. The first-order chi connectivity index (χ1) is 13.3. The van der Waals surface area contributed by atoms with Crippen LogP contribution in [0.4, 0.5) is 0 Å². The van der Waals surface area contributed by atoms with Crippen molar-refractivity contribution in [2.24, 2.45) is 0 Å². The van der Waals surface area contributed by atoms with E-state index in [-0.39, 0.29) is 18.1 Å². The van der Waals surface area contributed by atoms with Crippen LogP contribution in [0, 0.1) is 0 Å². The summed E-state index contributed by atoms with van der Waals surface area (Å²) in [6.45, 7) is 1.04. The molecule has 1 amide bonds. The van der Waals surface area contributed by atoms with E-state index >= 15 is 0 Å². The number of hydrogen-bond donors (Lipinski definition) is 2. The Morgan fingerprint density at radius 1 is 1.22 bits per heavy atom. The molecule has 144 valence electrons. The van der Waals surface area contributed by atoms with Crippen molar-refractivity contribution in [3.05, 3.63) is 41.9 Å². The van der Waals surface area contributed by atoms with Crippen LogP contribution in [0.25, 0.3) is 0 Å². The van der Waals surface area contributed by atoms with E-state index in [1.165, 1.54) is 19.3 Å². The molecule has 2 N–H and O–H groups in total. The van der Waals surface area contributed by atoms with Crippen LogP contribution in [-0.2, 0) is 4.74 Å². The van der Waals surface area contributed by atoms with Crippen LogP contribution in [0.3, 0.4) is 0 Å². The molecule has 1 saturated heterocycles. The Bertz CT molecular complexity index is 743. The van der Waals surface area contributed by atoms with Crippen molar-refractivity contribution in [1.29, 1.82) is 0 Å². The normalized spacial score (nSPS) is 23.7. The second-order valence-corrected chi connectivity index (χ2v) is 7.30. The Labute approximate surface area is 158 Å². The van der Waals surface area contributed by atoms with Gasteiger partial charge in [0.1, 0.15) is 6.10 Å². The molecule has 3 heterocycles. The summed E-state index contributed by atoms with van der Waals surface area (Å²) < 4.78 is 11.5. The van der Waals surface area contributed by atoms with Crippen LogP contribution < -0.4 is 10.1 Å². The third-order valence-electron chi connectivity index (χ3n) is 5.46. The molecule has 1 saturated carbocycles. The average molecular weight is 370 g/mol. The number of ether oxygens (including phenoxy) is 2. The van der Waals surface area contributed by atoms with Crippen LogP contribution in [0.5, 0.6) is 5.88 Å². The van der Waals surface area contributed by atoms with Gasteiger partial charge in [0.15, 0.2) is 0 Å². The fourth-order valence-corrected chi connectivity index (χ4v) is 3.99. The Hall–Kier alpha value is -2.41. The number of rotatable bonds is 5. The molecule has 2 atom stereocenters. The maximum atomic E-state index is 13.0. The maximum Gasteiger partial charge on any atom is 0.255 e. The van der Waals surface area contributed by atoms with Gasteiger partial charge in [-0.1, -0.05) is 25.3 Å². The molecule has 27 heavy (non-hydrogen) atoms. The summed E-state index contributed by atoms with van der Waals surface area (Å²) in [7, 11) is 0. The summed E-state index contributed by atoms with van der Waals surface area (Å²) in [4.78, 5) is 17.2. The molecule has 7 nitrogen and oxygen atoms in total. The number of H-pyrrole nitrogens is 1. The fraction of sp³-hybridized carbons (Fsp3) is 0.550. The Morgan fingerprint density at radius 3 is 2.93 bits per heavy atom. The molecule has 4 rings (SSSR count). The summed E-state index contributed by atoms with van der Waals surface area (Å²) in [5.41, 5.74) is 1.63. The van der Waals surface area contributed by atoms with E-state index in [1.54, 1.807) is 12.4 Å². The molecule has 0 bridgehead atoms. The molecule has 0 radical (unpaired) electrons. The minimum atomic E-state index is -0.261. The Morgan fingerprint density at radius 2 is 2.11 bits per heavy atom. The molecule has 7 heteroatoms. The molecule has 2 fully saturated rings. The number of nitrogens with one attached hydrogen (secondary N) is 2. The molecule has 2 aromatic heterocycles. The van der Waals surface area contributed by atoms with E-state index in [1.807, 2.05) is 18.2 Å². The highest BCUT2D eigenvalue weighted by Gasteiger charge is 2.31. The Kier molecular flexibility index (Phi) is 5.67. The van der Waals surface area contributed by atoms with Gasteiger partial charge in [-0.05, 0) is 25.3 Å².